The maximum absolute atomic E-state index is 6.30. The smallest absolute Gasteiger partial charge is 0.120 e. The van der Waals surface area contributed by atoms with Gasteiger partial charge in [0.25, 0.3) is 0 Å². The van der Waals surface area contributed by atoms with Gasteiger partial charge in [0.1, 0.15) is 11.9 Å². The maximum Gasteiger partial charge on any atom is 0.120 e. The van der Waals surface area contributed by atoms with Gasteiger partial charge in [-0.15, -0.1) is 0 Å². The molecule has 0 amide bonds. The molecule has 3 nitrogen and oxygen atoms in total. The molecule has 2 heterocycles. The van der Waals surface area contributed by atoms with E-state index >= 15 is 0 Å². The van der Waals surface area contributed by atoms with Gasteiger partial charge in [0.2, 0.25) is 0 Å². The molecular weight excluding hydrogens is 545 g/mol. The van der Waals surface area contributed by atoms with E-state index in [-0.39, 0.29) is 29.9 Å². The van der Waals surface area contributed by atoms with Crippen LogP contribution in [0, 0.1) is 43.8 Å². The van der Waals surface area contributed by atoms with Crippen molar-refractivity contribution in [3.8, 4) is 5.75 Å². The summed E-state index contributed by atoms with van der Waals surface area (Å²) < 4.78 is 8.61. The second-order valence-corrected chi connectivity index (χ2v) is 7.61. The Hall–Kier alpha value is -0.467. The van der Waals surface area contributed by atoms with Gasteiger partial charge in [0.05, 0.1) is 0 Å². The number of hydrogen-bond acceptors (Lipinski definition) is 2. The van der Waals surface area contributed by atoms with Crippen molar-refractivity contribution < 1.29 is 34.7 Å². The Morgan fingerprint density at radius 1 is 1.04 bits per heavy atom. The number of benzene rings is 1. The van der Waals surface area contributed by atoms with E-state index in [0.29, 0.717) is 12.1 Å². The summed E-state index contributed by atoms with van der Waals surface area (Å²) in [5, 5.41) is 1.25. The quantitative estimate of drug-likeness (QED) is 0.450. The van der Waals surface area contributed by atoms with Crippen molar-refractivity contribution in [3.63, 3.8) is 0 Å². The molecule has 0 atom stereocenters. The van der Waals surface area contributed by atoms with Gasteiger partial charge in [-0.2, -0.15) is 12.8 Å². The minimum absolute atomic E-state index is 0. The molecule has 1 aromatic carbocycles. The number of piperidine rings is 1. The second kappa shape index (κ2) is 9.15. The molecule has 4 rings (SSSR count). The van der Waals surface area contributed by atoms with Gasteiger partial charge in [-0.3, -0.25) is 0 Å². The fourth-order valence-electron chi connectivity index (χ4n) is 4.26. The first-order valence-corrected chi connectivity index (χ1v) is 9.88. The number of rotatable bonds is 6. The molecule has 2 aliphatic rings. The number of likely N-dealkylation sites (tertiary alicyclic amines) is 1. The van der Waals surface area contributed by atoms with Crippen LogP contribution in [0.3, 0.4) is 0 Å². The Labute approximate surface area is 180 Å². The molecule has 1 radical (unpaired) electrons. The van der Waals surface area contributed by atoms with Crippen molar-refractivity contribution in [1.82, 2.24) is 9.47 Å². The van der Waals surface area contributed by atoms with Gasteiger partial charge < -0.3 is 28.1 Å². The Balaban J connectivity index is 0.00000196. The summed E-state index contributed by atoms with van der Waals surface area (Å²) in [5.74, 6) is 1.01. The Morgan fingerprint density at radius 2 is 1.77 bits per heavy atom. The fourth-order valence-corrected chi connectivity index (χ4v) is 4.26. The van der Waals surface area contributed by atoms with E-state index in [4.69, 9.17) is 4.74 Å². The Morgan fingerprint density at radius 3 is 2.38 bits per heavy atom. The minimum atomic E-state index is 0. The van der Waals surface area contributed by atoms with Crippen LogP contribution in [0.25, 0.3) is 10.9 Å². The molecular formula is C22H30N2NpO-2. The van der Waals surface area contributed by atoms with Crippen LogP contribution in [0.4, 0.5) is 0 Å². The van der Waals surface area contributed by atoms with Gasteiger partial charge in [0, 0.05) is 66.2 Å². The molecule has 1 aliphatic heterocycles. The molecule has 0 N–H and O–H groups in total. The van der Waals surface area contributed by atoms with Crippen molar-refractivity contribution in [3.05, 3.63) is 44.3 Å². The van der Waals surface area contributed by atoms with E-state index in [1.807, 2.05) is 0 Å². The number of aromatic nitrogens is 1. The monoisotopic (exact) mass is 574 g/mol. The summed E-state index contributed by atoms with van der Waals surface area (Å²) in [6.07, 6.45) is 10.8. The molecule has 2 aromatic rings. The van der Waals surface area contributed by atoms with E-state index in [1.54, 1.807) is 0 Å². The average Bonchev–Trinajstić information content (AvgIpc) is 3.00. The van der Waals surface area contributed by atoms with Crippen LogP contribution in [-0.4, -0.2) is 34.7 Å². The van der Waals surface area contributed by atoms with Gasteiger partial charge in [-0.1, -0.05) is 6.42 Å². The first kappa shape index (κ1) is 20.3. The first-order valence-electron chi connectivity index (χ1n) is 9.88. The number of nitrogens with zero attached hydrogens (tertiary/aromatic N) is 2. The van der Waals surface area contributed by atoms with E-state index in [2.05, 4.69) is 53.8 Å². The van der Waals surface area contributed by atoms with Crippen molar-refractivity contribution in [2.75, 3.05) is 13.1 Å². The van der Waals surface area contributed by atoms with Crippen molar-refractivity contribution in [1.29, 1.82) is 0 Å². The van der Waals surface area contributed by atoms with Gasteiger partial charge in [0.15, 0.2) is 0 Å². The largest absolute Gasteiger partial charge is 0.490 e. The van der Waals surface area contributed by atoms with Crippen LogP contribution in [-0.2, 0) is 0 Å². The average molecular weight is 575 g/mol. The van der Waals surface area contributed by atoms with Crippen LogP contribution in [0.1, 0.15) is 51.0 Å². The Bertz CT molecular complexity index is 697. The third-order valence-electron chi connectivity index (χ3n) is 6.12. The summed E-state index contributed by atoms with van der Waals surface area (Å²) in [7, 11) is 0. The molecule has 0 bridgehead atoms. The molecule has 1 aliphatic carbocycles. The molecule has 1 saturated carbocycles. The molecule has 0 spiro atoms. The number of ether oxygens (including phenoxy) is 1. The van der Waals surface area contributed by atoms with E-state index in [0.717, 1.165) is 37.5 Å². The predicted molar refractivity (Wildman–Crippen MR) is 104 cm³/mol. The summed E-state index contributed by atoms with van der Waals surface area (Å²) in [5.41, 5.74) is 1.25. The van der Waals surface area contributed by atoms with Crippen LogP contribution >= 0.6 is 0 Å². The van der Waals surface area contributed by atoms with Crippen molar-refractivity contribution in [2.45, 2.75) is 63.1 Å². The van der Waals surface area contributed by atoms with Gasteiger partial charge in [-0.25, -0.2) is 0 Å². The normalized spacial score (nSPS) is 19.5. The molecule has 1 saturated heterocycles. The van der Waals surface area contributed by atoms with Crippen LogP contribution < -0.4 is 4.74 Å². The zero-order valence-electron chi connectivity index (χ0n) is 15.6. The standard InChI is InChI=1S/C22H30N2O.Np/c1-3-18(4-2)24-15-10-17-16-21(8-9-22(17)24)25-20-11-13-23(14-12-20)19-6-5-7-19;/h8-10,15-16,18-20H,1-7,11-14H2;/q-2;. The van der Waals surface area contributed by atoms with E-state index in [9.17, 15) is 0 Å². The molecule has 0 unspecified atom stereocenters. The summed E-state index contributed by atoms with van der Waals surface area (Å²) in [6.45, 7) is 10.5. The number of fused-ring (bicyclic) bond motifs is 1. The van der Waals surface area contributed by atoms with Gasteiger partial charge in [-0.05, 0) is 56.0 Å². The van der Waals surface area contributed by atoms with Gasteiger partial charge >= 0.3 is 0 Å². The summed E-state index contributed by atoms with van der Waals surface area (Å²) in [4.78, 5) is 2.67. The van der Waals surface area contributed by atoms with E-state index < -0.39 is 0 Å². The third kappa shape index (κ3) is 4.17. The van der Waals surface area contributed by atoms with E-state index in [1.165, 1.54) is 43.3 Å². The van der Waals surface area contributed by atoms with Crippen molar-refractivity contribution >= 4 is 10.9 Å². The second-order valence-electron chi connectivity index (χ2n) is 7.61. The predicted octanol–water partition coefficient (Wildman–Crippen LogP) is 5.03. The van der Waals surface area contributed by atoms with Crippen molar-refractivity contribution in [2.24, 2.45) is 0 Å². The number of hydrogen-bond donors (Lipinski definition) is 0. The molecule has 4 heteroatoms. The van der Waals surface area contributed by atoms with Crippen LogP contribution in [0.15, 0.2) is 30.5 Å². The zero-order chi connectivity index (χ0) is 17.2. The molecule has 1 aromatic heterocycles. The van der Waals surface area contributed by atoms with Crippen LogP contribution in [0.2, 0.25) is 0 Å². The summed E-state index contributed by atoms with van der Waals surface area (Å²) in [6, 6.07) is 9.92. The summed E-state index contributed by atoms with van der Waals surface area (Å²) >= 11 is 0. The van der Waals surface area contributed by atoms with Crippen LogP contribution in [0.5, 0.6) is 5.75 Å². The zero-order valence-corrected chi connectivity index (χ0v) is 19.4. The third-order valence-corrected chi connectivity index (χ3v) is 6.12. The SMILES string of the molecule is [CH2-]CC(C[CH2-])n1ccc2cc(OC3CCN(C4CCC4)CC3)ccc21.[Np]. The molecule has 141 valence electrons. The maximum atomic E-state index is 6.30. The topological polar surface area (TPSA) is 17.4 Å². The first-order chi connectivity index (χ1) is 12.3. The molecule has 26 heavy (non-hydrogen) atoms. The fraction of sp³-hybridized carbons (Fsp3) is 0.545. The molecule has 2 fully saturated rings. The Kier molecular flexibility index (Phi) is 7.13. The minimum Gasteiger partial charge on any atom is -0.490 e.